The van der Waals surface area contributed by atoms with Gasteiger partial charge in [-0.3, -0.25) is 9.59 Å². The number of nitrogens with one attached hydrogen (secondary N) is 4. The first-order valence-corrected chi connectivity index (χ1v) is 13.3. The molecule has 0 spiro atoms. The number of rotatable bonds is 10. The van der Waals surface area contributed by atoms with Gasteiger partial charge in [-0.2, -0.15) is 0 Å². The van der Waals surface area contributed by atoms with E-state index in [0.717, 1.165) is 25.9 Å². The highest BCUT2D eigenvalue weighted by molar-refractivity contribution is 7.89. The van der Waals surface area contributed by atoms with Gasteiger partial charge in [0.15, 0.2) is 0 Å². The predicted molar refractivity (Wildman–Crippen MR) is 134 cm³/mol. The lowest BCUT2D eigenvalue weighted by Gasteiger charge is -2.27. The zero-order chi connectivity index (χ0) is 26.3. The van der Waals surface area contributed by atoms with E-state index in [9.17, 15) is 27.5 Å². The monoisotopic (exact) mass is 520 g/mol. The first kappa shape index (κ1) is 27.7. The fourth-order valence-electron chi connectivity index (χ4n) is 3.93. The Morgan fingerprint density at radius 1 is 1.08 bits per heavy atom. The average Bonchev–Trinajstić information content (AvgIpc) is 2.84. The minimum atomic E-state index is -3.87. The number of carbonyl (C=O) groups is 2. The number of carbonyl (C=O) groups excluding carboxylic acids is 2. The molecule has 1 aliphatic rings. The van der Waals surface area contributed by atoms with Gasteiger partial charge in [0.1, 0.15) is 11.9 Å². The number of aliphatic hydroxyl groups excluding tert-OH is 1. The highest BCUT2D eigenvalue weighted by atomic mass is 32.2. The van der Waals surface area contributed by atoms with Crippen molar-refractivity contribution in [2.75, 3.05) is 25.0 Å². The van der Waals surface area contributed by atoms with E-state index in [4.69, 9.17) is 0 Å². The van der Waals surface area contributed by atoms with Gasteiger partial charge >= 0.3 is 0 Å². The van der Waals surface area contributed by atoms with Crippen LogP contribution in [0.3, 0.4) is 0 Å². The number of benzene rings is 2. The zero-order valence-corrected chi connectivity index (χ0v) is 21.2. The molecule has 36 heavy (non-hydrogen) atoms. The number of amides is 2. The molecule has 196 valence electrons. The number of halogens is 1. The number of hydrogen-bond acceptors (Lipinski definition) is 6. The average molecular weight is 521 g/mol. The van der Waals surface area contributed by atoms with E-state index in [2.05, 4.69) is 20.7 Å². The van der Waals surface area contributed by atoms with Crippen LogP contribution in [-0.2, 0) is 14.8 Å². The number of piperidine rings is 1. The van der Waals surface area contributed by atoms with Crippen molar-refractivity contribution in [3.63, 3.8) is 0 Å². The van der Waals surface area contributed by atoms with Crippen molar-refractivity contribution >= 4 is 27.5 Å². The Hall–Kier alpha value is -2.86. The van der Waals surface area contributed by atoms with E-state index < -0.39 is 39.2 Å². The van der Waals surface area contributed by atoms with E-state index in [0.29, 0.717) is 12.1 Å². The van der Waals surface area contributed by atoms with Gasteiger partial charge in [-0.1, -0.05) is 0 Å². The molecule has 0 aliphatic carbocycles. The first-order chi connectivity index (χ1) is 17.0. The van der Waals surface area contributed by atoms with Crippen LogP contribution in [0, 0.1) is 11.7 Å². The van der Waals surface area contributed by atoms with Crippen molar-refractivity contribution in [2.45, 2.75) is 49.6 Å². The van der Waals surface area contributed by atoms with Crippen LogP contribution in [0.1, 0.15) is 43.5 Å². The smallest absolute Gasteiger partial charge is 0.251 e. The van der Waals surface area contributed by atoms with Crippen LogP contribution in [0.4, 0.5) is 10.1 Å². The maximum atomic E-state index is 13.2. The molecule has 1 fully saturated rings. The van der Waals surface area contributed by atoms with E-state index in [1.54, 1.807) is 13.8 Å². The molecule has 2 aromatic rings. The number of anilines is 1. The minimum absolute atomic E-state index is 0.0158. The summed E-state index contributed by atoms with van der Waals surface area (Å²) in [5, 5.41) is 18.1. The molecule has 2 amide bonds. The predicted octanol–water partition coefficient (Wildman–Crippen LogP) is 2.00. The lowest BCUT2D eigenvalue weighted by atomic mass is 9.90. The summed E-state index contributed by atoms with van der Waals surface area (Å²) < 4.78 is 40.8. The zero-order valence-electron chi connectivity index (χ0n) is 20.4. The van der Waals surface area contributed by atoms with Gasteiger partial charge in [0, 0.05) is 11.3 Å². The fraction of sp³-hybridized carbons (Fsp3) is 0.440. The van der Waals surface area contributed by atoms with Gasteiger partial charge in [-0.05, 0) is 101 Å². The summed E-state index contributed by atoms with van der Waals surface area (Å²) in [5.41, 5.74) is -0.421. The van der Waals surface area contributed by atoms with Crippen LogP contribution in [0.15, 0.2) is 53.4 Å². The Kier molecular flexibility index (Phi) is 9.18. The topological polar surface area (TPSA) is 137 Å². The van der Waals surface area contributed by atoms with Crippen molar-refractivity contribution in [1.29, 1.82) is 0 Å². The van der Waals surface area contributed by atoms with Crippen LogP contribution in [-0.4, -0.2) is 56.6 Å². The van der Waals surface area contributed by atoms with Crippen molar-refractivity contribution in [2.24, 2.45) is 5.92 Å². The molecule has 9 nitrogen and oxygen atoms in total. The fourth-order valence-corrected chi connectivity index (χ4v) is 5.33. The van der Waals surface area contributed by atoms with E-state index in [-0.39, 0.29) is 23.0 Å². The molecule has 1 atom stereocenters. The Balaban J connectivity index is 1.72. The van der Waals surface area contributed by atoms with E-state index in [1.807, 2.05) is 0 Å². The van der Waals surface area contributed by atoms with Crippen molar-refractivity contribution in [1.82, 2.24) is 15.4 Å². The second-order valence-corrected chi connectivity index (χ2v) is 11.3. The lowest BCUT2D eigenvalue weighted by molar-refractivity contribution is -0.118. The normalized spacial score (nSPS) is 15.8. The molecular weight excluding hydrogens is 487 g/mol. The maximum absolute atomic E-state index is 13.2. The third-order valence-electron chi connectivity index (χ3n) is 5.99. The molecule has 0 bridgehead atoms. The molecule has 11 heteroatoms. The highest BCUT2D eigenvalue weighted by Crippen LogP contribution is 2.21. The number of hydrogen-bond donors (Lipinski definition) is 5. The van der Waals surface area contributed by atoms with Gasteiger partial charge < -0.3 is 21.1 Å². The molecule has 1 heterocycles. The summed E-state index contributed by atoms with van der Waals surface area (Å²) in [6.07, 6.45) is 2.19. The van der Waals surface area contributed by atoms with Gasteiger partial charge in [-0.15, -0.1) is 0 Å². The molecular formula is C25H33FN4O5S. The molecule has 1 saturated heterocycles. The van der Waals surface area contributed by atoms with Crippen molar-refractivity contribution < 1.29 is 27.5 Å². The van der Waals surface area contributed by atoms with Crippen molar-refractivity contribution in [3.05, 3.63) is 59.9 Å². The Bertz CT molecular complexity index is 1150. The third kappa shape index (κ3) is 7.82. The maximum Gasteiger partial charge on any atom is 0.251 e. The van der Waals surface area contributed by atoms with Crippen LogP contribution < -0.4 is 20.7 Å². The Morgan fingerprint density at radius 2 is 1.69 bits per heavy atom. The first-order valence-electron chi connectivity index (χ1n) is 11.8. The second-order valence-electron chi connectivity index (χ2n) is 9.62. The quantitative estimate of drug-likeness (QED) is 0.325. The third-order valence-corrected chi connectivity index (χ3v) is 7.71. The molecule has 1 unspecified atom stereocenters. The SMILES string of the molecule is CC(C)(CO)NS(=O)(=O)c1ccc(NC(=O)C(CC2CCNCC2)NC(=O)c2ccc(F)cc2)cc1. The van der Waals surface area contributed by atoms with Crippen LogP contribution >= 0.6 is 0 Å². The van der Waals surface area contributed by atoms with Gasteiger partial charge in [0.2, 0.25) is 15.9 Å². The minimum Gasteiger partial charge on any atom is -0.394 e. The summed E-state index contributed by atoms with van der Waals surface area (Å²) in [4.78, 5) is 25.9. The number of aliphatic hydroxyl groups is 1. The molecule has 0 radical (unpaired) electrons. The summed E-state index contributed by atoms with van der Waals surface area (Å²) in [5.74, 6) is -1.14. The molecule has 1 aliphatic heterocycles. The molecule has 2 aromatic carbocycles. The summed E-state index contributed by atoms with van der Waals surface area (Å²) in [6, 6.07) is 9.87. The van der Waals surface area contributed by atoms with Gasteiger partial charge in [0.25, 0.3) is 5.91 Å². The Labute approximate surface area is 210 Å². The van der Waals surface area contributed by atoms with Crippen molar-refractivity contribution in [3.8, 4) is 0 Å². The van der Waals surface area contributed by atoms with E-state index in [1.165, 1.54) is 48.5 Å². The highest BCUT2D eigenvalue weighted by Gasteiger charge is 2.28. The summed E-state index contributed by atoms with van der Waals surface area (Å²) >= 11 is 0. The lowest BCUT2D eigenvalue weighted by Crippen LogP contribution is -2.46. The van der Waals surface area contributed by atoms with E-state index >= 15 is 0 Å². The molecule has 0 aromatic heterocycles. The Morgan fingerprint density at radius 3 is 2.28 bits per heavy atom. The standard InChI is InChI=1S/C25H33FN4O5S/c1-25(2,16-31)30-36(34,35)21-9-7-20(8-10-21)28-24(33)22(15-17-11-13-27-14-12-17)29-23(32)18-3-5-19(26)6-4-18/h3-10,17,22,27,30-31H,11-16H2,1-2H3,(H,28,33)(H,29,32). The van der Waals surface area contributed by atoms with Crippen LogP contribution in [0.25, 0.3) is 0 Å². The number of sulfonamides is 1. The molecule has 3 rings (SSSR count). The summed E-state index contributed by atoms with van der Waals surface area (Å²) in [7, 11) is -3.87. The molecule has 0 saturated carbocycles. The molecule has 5 N–H and O–H groups in total. The van der Waals surface area contributed by atoms with Gasteiger partial charge in [-0.25, -0.2) is 17.5 Å². The summed E-state index contributed by atoms with van der Waals surface area (Å²) in [6.45, 7) is 4.41. The van der Waals surface area contributed by atoms with Crippen LogP contribution in [0.5, 0.6) is 0 Å². The van der Waals surface area contributed by atoms with Crippen LogP contribution in [0.2, 0.25) is 0 Å². The van der Waals surface area contributed by atoms with Gasteiger partial charge in [0.05, 0.1) is 17.0 Å². The second kappa shape index (κ2) is 11.9. The largest absolute Gasteiger partial charge is 0.394 e.